The molecule has 7 rings (SSSR count). The lowest BCUT2D eigenvalue weighted by atomic mass is 9.61. The van der Waals surface area contributed by atoms with Crippen LogP contribution in [0.2, 0.25) is 5.02 Å². The molecule has 4 N–H and O–H groups in total. The van der Waals surface area contributed by atoms with Crippen LogP contribution in [-0.2, 0) is 9.53 Å². The van der Waals surface area contributed by atoms with Crippen LogP contribution in [0, 0.1) is 23.2 Å². The minimum atomic E-state index is -0.432. The van der Waals surface area contributed by atoms with Crippen molar-refractivity contribution >= 4 is 40.0 Å². The molecular formula is C26H27ClN6O3. The minimum Gasteiger partial charge on any atom is -0.496 e. The van der Waals surface area contributed by atoms with Crippen LogP contribution in [0.1, 0.15) is 6.92 Å². The molecule has 0 unspecified atom stereocenters. The van der Waals surface area contributed by atoms with Crippen molar-refractivity contribution in [2.75, 3.05) is 43.6 Å². The average molecular weight is 507 g/mol. The van der Waals surface area contributed by atoms with Crippen LogP contribution in [-0.4, -0.2) is 59.8 Å². The molecule has 10 heteroatoms. The zero-order chi connectivity index (χ0) is 24.8. The highest BCUT2D eigenvalue weighted by atomic mass is 35.5. The van der Waals surface area contributed by atoms with E-state index in [1.807, 2.05) is 12.1 Å². The number of halogens is 1. The van der Waals surface area contributed by atoms with Crippen LogP contribution in [0.3, 0.4) is 0 Å². The number of methoxy groups -OCH3 is 1. The lowest BCUT2D eigenvalue weighted by Gasteiger charge is -2.48. The number of rotatable bonds is 6. The number of pyridine rings is 1. The van der Waals surface area contributed by atoms with Gasteiger partial charge in [-0.2, -0.15) is 0 Å². The van der Waals surface area contributed by atoms with Gasteiger partial charge in [-0.3, -0.25) is 4.79 Å². The molecule has 3 aliphatic carbocycles. The van der Waals surface area contributed by atoms with Crippen molar-refractivity contribution < 1.29 is 14.3 Å². The molecule has 36 heavy (non-hydrogen) atoms. The largest absolute Gasteiger partial charge is 0.496 e. The fourth-order valence-corrected chi connectivity index (χ4v) is 7.31. The first-order chi connectivity index (χ1) is 17.4. The number of benzene rings is 1. The first kappa shape index (κ1) is 21.9. The highest BCUT2D eigenvalue weighted by molar-refractivity contribution is 6.34. The second kappa shape index (κ2) is 7.36. The zero-order valence-electron chi connectivity index (χ0n) is 20.0. The van der Waals surface area contributed by atoms with Crippen molar-refractivity contribution in [2.24, 2.45) is 28.9 Å². The number of aromatic amines is 1. The molecule has 1 aromatic carbocycles. The molecular weight excluding hydrogens is 480 g/mol. The SMILES string of the molecule is COc1cc(N2CCOCC2)ccc1-c1nc2ncc(Cl)c(N[C@]34[C@@H](C(N)=O)[C@@H]5C=C[C@H]3[C@@]54C)c2[nH]1. The monoisotopic (exact) mass is 506 g/mol. The smallest absolute Gasteiger partial charge is 0.223 e. The second-order valence-electron chi connectivity index (χ2n) is 10.3. The van der Waals surface area contributed by atoms with Crippen LogP contribution < -0.4 is 20.7 Å². The summed E-state index contributed by atoms with van der Waals surface area (Å²) in [5.74, 6) is 1.19. The van der Waals surface area contributed by atoms with Gasteiger partial charge in [0.15, 0.2) is 5.65 Å². The fraction of sp³-hybridized carbons (Fsp3) is 0.423. The van der Waals surface area contributed by atoms with Gasteiger partial charge in [0.05, 0.1) is 54.3 Å². The van der Waals surface area contributed by atoms with Gasteiger partial charge in [0.1, 0.15) is 17.1 Å². The molecule has 1 saturated heterocycles. The van der Waals surface area contributed by atoms with E-state index < -0.39 is 5.54 Å². The number of fused-ring (bicyclic) bond motifs is 2. The summed E-state index contributed by atoms with van der Waals surface area (Å²) >= 11 is 6.66. The summed E-state index contributed by atoms with van der Waals surface area (Å²) in [5, 5.41) is 4.11. The maximum Gasteiger partial charge on any atom is 0.223 e. The normalized spacial score (nSPS) is 31.8. The van der Waals surface area contributed by atoms with Crippen molar-refractivity contribution in [3.05, 3.63) is 41.6 Å². The Kier molecular flexibility index (Phi) is 4.49. The van der Waals surface area contributed by atoms with E-state index in [4.69, 9.17) is 31.8 Å². The van der Waals surface area contributed by atoms with Gasteiger partial charge in [0, 0.05) is 36.2 Å². The van der Waals surface area contributed by atoms with E-state index in [9.17, 15) is 4.79 Å². The third-order valence-electron chi connectivity index (χ3n) is 8.93. The Balaban J connectivity index is 1.27. The summed E-state index contributed by atoms with van der Waals surface area (Å²) in [6.45, 7) is 5.32. The van der Waals surface area contributed by atoms with Gasteiger partial charge in [-0.1, -0.05) is 30.7 Å². The van der Waals surface area contributed by atoms with Crippen molar-refractivity contribution in [3.63, 3.8) is 0 Å². The zero-order valence-corrected chi connectivity index (χ0v) is 20.8. The minimum absolute atomic E-state index is 0.0347. The highest BCUT2D eigenvalue weighted by Gasteiger charge is 2.91. The standard InChI is InChI=1S/C26H27ClN6O3/c1-25-15-5-6-18(25)26(25,19(15)22(28)34)32-20-16(27)12-29-24-21(20)30-23(31-24)14-4-3-13(11-17(14)35-2)33-7-9-36-10-8-33/h3-6,11-12,15,18-19H,7-10H2,1-2H3,(H2,28,34)(H2,29,30,31,32)/t15-,18-,19+,25+,26-/m0/s1. The van der Waals surface area contributed by atoms with E-state index in [1.54, 1.807) is 13.3 Å². The predicted molar refractivity (Wildman–Crippen MR) is 137 cm³/mol. The highest BCUT2D eigenvalue weighted by Crippen LogP contribution is 2.85. The van der Waals surface area contributed by atoms with Crippen LogP contribution >= 0.6 is 11.6 Å². The molecule has 3 heterocycles. The van der Waals surface area contributed by atoms with Crippen LogP contribution in [0.15, 0.2) is 36.5 Å². The predicted octanol–water partition coefficient (Wildman–Crippen LogP) is 3.21. The summed E-state index contributed by atoms with van der Waals surface area (Å²) in [7, 11) is 1.66. The Morgan fingerprint density at radius 1 is 1.33 bits per heavy atom. The second-order valence-corrected chi connectivity index (χ2v) is 10.7. The number of hydrogen-bond donors (Lipinski definition) is 3. The molecule has 1 amide bonds. The molecule has 2 aromatic heterocycles. The Labute approximate surface area is 213 Å². The van der Waals surface area contributed by atoms with Crippen molar-refractivity contribution in [1.29, 1.82) is 0 Å². The molecule has 4 aliphatic rings. The number of ether oxygens (including phenoxy) is 2. The molecule has 0 radical (unpaired) electrons. The number of aromatic nitrogens is 3. The summed E-state index contributed by atoms with van der Waals surface area (Å²) < 4.78 is 11.2. The topological polar surface area (TPSA) is 118 Å². The number of carbonyl (C=O) groups excluding carboxylic acids is 1. The number of imidazole rings is 1. The average Bonchev–Trinajstić information content (AvgIpc) is 3.24. The number of nitrogens with zero attached hydrogens (tertiary/aromatic N) is 3. The lowest BCUT2D eigenvalue weighted by molar-refractivity contribution is -0.128. The van der Waals surface area contributed by atoms with E-state index >= 15 is 0 Å². The molecule has 1 aliphatic heterocycles. The van der Waals surface area contributed by atoms with E-state index in [0.717, 1.165) is 24.3 Å². The van der Waals surface area contributed by atoms with Crippen LogP contribution in [0.25, 0.3) is 22.6 Å². The number of amides is 1. The molecule has 2 saturated carbocycles. The summed E-state index contributed by atoms with van der Waals surface area (Å²) in [4.78, 5) is 27.3. The number of primary amides is 1. The molecule has 186 valence electrons. The Morgan fingerprint density at radius 3 is 2.86 bits per heavy atom. The first-order valence-electron chi connectivity index (χ1n) is 12.2. The number of anilines is 2. The number of carbonyl (C=O) groups is 1. The number of morpholine rings is 1. The quantitative estimate of drug-likeness (QED) is 0.439. The number of hydrogen-bond acceptors (Lipinski definition) is 7. The van der Waals surface area contributed by atoms with Gasteiger partial charge in [-0.05, 0) is 18.1 Å². The van der Waals surface area contributed by atoms with Crippen LogP contribution in [0.5, 0.6) is 5.75 Å². The molecule has 0 spiro atoms. The number of H-pyrrole nitrogens is 1. The van der Waals surface area contributed by atoms with Gasteiger partial charge < -0.3 is 30.4 Å². The van der Waals surface area contributed by atoms with E-state index in [2.05, 4.69) is 45.3 Å². The van der Waals surface area contributed by atoms with Crippen molar-refractivity contribution in [2.45, 2.75) is 12.5 Å². The van der Waals surface area contributed by atoms with E-state index in [-0.39, 0.29) is 29.1 Å². The van der Waals surface area contributed by atoms with E-state index in [0.29, 0.717) is 46.7 Å². The van der Waals surface area contributed by atoms with Crippen molar-refractivity contribution in [3.8, 4) is 17.1 Å². The molecule has 3 aromatic rings. The van der Waals surface area contributed by atoms with Gasteiger partial charge in [0.25, 0.3) is 0 Å². The van der Waals surface area contributed by atoms with Gasteiger partial charge >= 0.3 is 0 Å². The van der Waals surface area contributed by atoms with Gasteiger partial charge in [-0.25, -0.2) is 9.97 Å². The third kappa shape index (κ3) is 2.62. The summed E-state index contributed by atoms with van der Waals surface area (Å²) in [5.41, 5.74) is 9.18. The first-order valence-corrected chi connectivity index (χ1v) is 12.6. The lowest BCUT2D eigenvalue weighted by Crippen LogP contribution is -2.59. The van der Waals surface area contributed by atoms with Crippen molar-refractivity contribution in [1.82, 2.24) is 15.0 Å². The molecule has 5 atom stereocenters. The molecule has 3 fully saturated rings. The fourth-order valence-electron chi connectivity index (χ4n) is 7.12. The number of nitrogens with two attached hydrogens (primary N) is 1. The third-order valence-corrected chi connectivity index (χ3v) is 9.21. The molecule has 9 nitrogen and oxygen atoms in total. The summed E-state index contributed by atoms with van der Waals surface area (Å²) in [6, 6.07) is 6.10. The summed E-state index contributed by atoms with van der Waals surface area (Å²) in [6.07, 6.45) is 5.93. The Hall–Kier alpha value is -3.30. The van der Waals surface area contributed by atoms with Gasteiger partial charge in [0.2, 0.25) is 5.91 Å². The van der Waals surface area contributed by atoms with E-state index in [1.165, 1.54) is 0 Å². The maximum absolute atomic E-state index is 12.4. The van der Waals surface area contributed by atoms with Crippen LogP contribution in [0.4, 0.5) is 11.4 Å². The Morgan fingerprint density at radius 2 is 2.14 bits per heavy atom. The number of allylic oxidation sites excluding steroid dienone is 1. The maximum atomic E-state index is 12.4. The van der Waals surface area contributed by atoms with Gasteiger partial charge in [-0.15, -0.1) is 0 Å². The molecule has 0 bridgehead atoms. The Bertz CT molecular complexity index is 1450. The number of nitrogens with one attached hydrogen (secondary N) is 2.